The number of hydrogen-bond acceptors (Lipinski definition) is 6. The number of amides is 1. The van der Waals surface area contributed by atoms with Gasteiger partial charge in [0.05, 0.1) is 10.6 Å². The molecule has 2 rings (SSSR count). The highest BCUT2D eigenvalue weighted by Crippen LogP contribution is 2.36. The first-order valence-corrected chi connectivity index (χ1v) is 9.92. The zero-order valence-corrected chi connectivity index (χ0v) is 16.6. The lowest BCUT2D eigenvalue weighted by molar-refractivity contribution is -0.137. The Morgan fingerprint density at radius 3 is 2.37 bits per heavy atom. The van der Waals surface area contributed by atoms with Crippen LogP contribution in [0.15, 0.2) is 22.5 Å². The number of sulfonamides is 1. The van der Waals surface area contributed by atoms with E-state index in [-0.39, 0.29) is 10.8 Å². The van der Waals surface area contributed by atoms with Crippen LogP contribution in [0, 0.1) is 5.41 Å². The second-order valence-corrected chi connectivity index (χ2v) is 9.62. The zero-order valence-electron chi connectivity index (χ0n) is 14.2. The number of rotatable bonds is 4. The van der Waals surface area contributed by atoms with Gasteiger partial charge in [0.25, 0.3) is 14.4 Å². The summed E-state index contributed by atoms with van der Waals surface area (Å²) < 4.78 is 64.7. The van der Waals surface area contributed by atoms with E-state index in [1.54, 1.807) is 20.8 Å². The number of nitrogens with one attached hydrogen (secondary N) is 2. The lowest BCUT2D eigenvalue weighted by Crippen LogP contribution is -2.27. The Labute approximate surface area is 162 Å². The van der Waals surface area contributed by atoms with Crippen LogP contribution in [-0.4, -0.2) is 24.5 Å². The maximum Gasteiger partial charge on any atom is 0.417 e. The van der Waals surface area contributed by atoms with Gasteiger partial charge in [-0.05, 0) is 18.2 Å². The van der Waals surface area contributed by atoms with E-state index < -0.39 is 42.4 Å². The standard InChI is InChI=1S/C14H14ClF3N4O3S2/c1-13(2,3)10(23)19-11-20-21-12(26-11)27(24,25)22-7-4-5-9(15)8(6-7)14(16,17)18/h4-6,22H,1-3H3,(H,19,20,23). The van der Waals surface area contributed by atoms with Gasteiger partial charge in [0, 0.05) is 11.1 Å². The Kier molecular flexibility index (Phi) is 5.74. The first kappa shape index (κ1) is 21.4. The number of anilines is 2. The second kappa shape index (κ2) is 7.24. The molecular formula is C14H14ClF3N4O3S2. The van der Waals surface area contributed by atoms with Crippen molar-refractivity contribution in [3.63, 3.8) is 0 Å². The van der Waals surface area contributed by atoms with Gasteiger partial charge >= 0.3 is 6.18 Å². The summed E-state index contributed by atoms with van der Waals surface area (Å²) in [6.07, 6.45) is -4.74. The number of carbonyl (C=O) groups is 1. The Bertz CT molecular complexity index is 969. The average molecular weight is 443 g/mol. The van der Waals surface area contributed by atoms with Gasteiger partial charge in [0.15, 0.2) is 0 Å². The van der Waals surface area contributed by atoms with Crippen LogP contribution in [0.3, 0.4) is 0 Å². The van der Waals surface area contributed by atoms with E-state index in [9.17, 15) is 26.4 Å². The van der Waals surface area contributed by atoms with Gasteiger partial charge in [-0.2, -0.15) is 21.6 Å². The quantitative estimate of drug-likeness (QED) is 0.697. The van der Waals surface area contributed by atoms with Crippen LogP contribution in [0.4, 0.5) is 24.0 Å². The minimum atomic E-state index is -4.74. The number of halogens is 4. The third-order valence-electron chi connectivity index (χ3n) is 3.06. The topological polar surface area (TPSA) is 101 Å². The highest BCUT2D eigenvalue weighted by Gasteiger charge is 2.34. The monoisotopic (exact) mass is 442 g/mol. The maximum absolute atomic E-state index is 12.9. The van der Waals surface area contributed by atoms with E-state index in [2.05, 4.69) is 15.5 Å². The van der Waals surface area contributed by atoms with Gasteiger partial charge < -0.3 is 5.32 Å². The average Bonchev–Trinajstić information content (AvgIpc) is 2.96. The number of benzene rings is 1. The highest BCUT2D eigenvalue weighted by atomic mass is 35.5. The van der Waals surface area contributed by atoms with Crippen LogP contribution in [0.1, 0.15) is 26.3 Å². The van der Waals surface area contributed by atoms with E-state index in [1.807, 2.05) is 4.72 Å². The number of hydrogen-bond donors (Lipinski definition) is 2. The summed E-state index contributed by atoms with van der Waals surface area (Å²) in [6.45, 7) is 4.96. The van der Waals surface area contributed by atoms with Crippen molar-refractivity contribution in [3.05, 3.63) is 28.8 Å². The molecule has 1 amide bonds. The summed E-state index contributed by atoms with van der Waals surface area (Å²) in [5.74, 6) is -0.400. The van der Waals surface area contributed by atoms with Gasteiger partial charge in [-0.1, -0.05) is 43.7 Å². The van der Waals surface area contributed by atoms with Gasteiger partial charge in [-0.25, -0.2) is 0 Å². The van der Waals surface area contributed by atoms with E-state index >= 15 is 0 Å². The van der Waals surface area contributed by atoms with Gasteiger partial charge in [0.1, 0.15) is 0 Å². The summed E-state index contributed by atoms with van der Waals surface area (Å²) >= 11 is 6.06. The molecule has 13 heteroatoms. The predicted molar refractivity (Wildman–Crippen MR) is 95.3 cm³/mol. The Hall–Kier alpha value is -1.92. The number of nitrogens with zero attached hydrogens (tertiary/aromatic N) is 2. The van der Waals surface area contributed by atoms with Gasteiger partial charge in [-0.15, -0.1) is 10.2 Å². The smallest absolute Gasteiger partial charge is 0.300 e. The first-order valence-electron chi connectivity index (χ1n) is 7.25. The largest absolute Gasteiger partial charge is 0.417 e. The third-order valence-corrected chi connectivity index (χ3v) is 5.98. The number of alkyl halides is 3. The molecule has 7 nitrogen and oxygen atoms in total. The molecule has 148 valence electrons. The van der Waals surface area contributed by atoms with Crippen LogP contribution in [0.5, 0.6) is 0 Å². The van der Waals surface area contributed by atoms with Crippen molar-refractivity contribution in [1.29, 1.82) is 0 Å². The normalized spacial score (nSPS) is 12.7. The summed E-state index contributed by atoms with van der Waals surface area (Å²) in [5, 5.41) is 8.84. The Morgan fingerprint density at radius 1 is 1.19 bits per heavy atom. The molecular weight excluding hydrogens is 429 g/mol. The molecule has 0 fully saturated rings. The summed E-state index contributed by atoms with van der Waals surface area (Å²) in [7, 11) is -4.31. The van der Waals surface area contributed by atoms with Crippen molar-refractivity contribution < 1.29 is 26.4 Å². The molecule has 0 atom stereocenters. The minimum Gasteiger partial charge on any atom is -0.300 e. The van der Waals surface area contributed by atoms with E-state index in [0.29, 0.717) is 17.4 Å². The van der Waals surface area contributed by atoms with Crippen molar-refractivity contribution in [1.82, 2.24) is 10.2 Å². The molecule has 1 heterocycles. The second-order valence-electron chi connectivity index (χ2n) is 6.38. The van der Waals surface area contributed by atoms with E-state index in [1.165, 1.54) is 0 Å². The Balaban J connectivity index is 2.24. The third kappa shape index (κ3) is 5.30. The number of aromatic nitrogens is 2. The molecule has 27 heavy (non-hydrogen) atoms. The number of carbonyl (C=O) groups excluding carboxylic acids is 1. The SMILES string of the molecule is CC(C)(C)C(=O)Nc1nnc(S(=O)(=O)Nc2ccc(Cl)c(C(F)(F)F)c2)s1. The molecule has 0 saturated heterocycles. The molecule has 0 radical (unpaired) electrons. The molecule has 0 aliphatic rings. The van der Waals surface area contributed by atoms with E-state index in [0.717, 1.165) is 12.1 Å². The lowest BCUT2D eigenvalue weighted by atomic mass is 9.96. The van der Waals surface area contributed by atoms with Crippen molar-refractivity contribution in [2.45, 2.75) is 31.3 Å². The van der Waals surface area contributed by atoms with Crippen molar-refractivity contribution >= 4 is 49.7 Å². The summed E-state index contributed by atoms with van der Waals surface area (Å²) in [4.78, 5) is 11.9. The maximum atomic E-state index is 12.9. The van der Waals surface area contributed by atoms with Crippen molar-refractivity contribution in [2.75, 3.05) is 10.0 Å². The van der Waals surface area contributed by atoms with Crippen molar-refractivity contribution in [3.8, 4) is 0 Å². The molecule has 0 bridgehead atoms. The van der Waals surface area contributed by atoms with Crippen LogP contribution >= 0.6 is 22.9 Å². The summed E-state index contributed by atoms with van der Waals surface area (Å²) in [6, 6.07) is 2.58. The van der Waals surface area contributed by atoms with Crippen LogP contribution in [0.25, 0.3) is 0 Å². The molecule has 0 spiro atoms. The fraction of sp³-hybridized carbons (Fsp3) is 0.357. The van der Waals surface area contributed by atoms with Crippen LogP contribution in [0.2, 0.25) is 5.02 Å². The molecule has 2 N–H and O–H groups in total. The van der Waals surface area contributed by atoms with Gasteiger partial charge in [0.2, 0.25) is 11.0 Å². The fourth-order valence-corrected chi connectivity index (χ4v) is 3.83. The molecule has 2 aromatic rings. The lowest BCUT2D eigenvalue weighted by Gasteiger charge is -2.15. The molecule has 1 aromatic carbocycles. The molecule has 0 aliphatic heterocycles. The predicted octanol–water partition coefficient (Wildman–Crippen LogP) is 4.00. The molecule has 0 aliphatic carbocycles. The van der Waals surface area contributed by atoms with Crippen molar-refractivity contribution in [2.24, 2.45) is 5.41 Å². The highest BCUT2D eigenvalue weighted by molar-refractivity contribution is 7.94. The molecule has 1 aromatic heterocycles. The van der Waals surface area contributed by atoms with Crippen LogP contribution in [-0.2, 0) is 21.0 Å². The summed E-state index contributed by atoms with van der Waals surface area (Å²) in [5.41, 5.74) is -2.26. The molecule has 0 unspecified atom stereocenters. The van der Waals surface area contributed by atoms with E-state index in [4.69, 9.17) is 11.6 Å². The van der Waals surface area contributed by atoms with Crippen LogP contribution < -0.4 is 10.0 Å². The van der Waals surface area contributed by atoms with Gasteiger partial charge in [-0.3, -0.25) is 9.52 Å². The Morgan fingerprint density at radius 2 is 1.81 bits per heavy atom. The fourth-order valence-electron chi connectivity index (χ4n) is 1.66. The molecule has 0 saturated carbocycles. The first-order chi connectivity index (χ1) is 12.2. The minimum absolute atomic E-state index is 0.0533. The zero-order chi connectivity index (χ0) is 20.6.